The summed E-state index contributed by atoms with van der Waals surface area (Å²) in [7, 11) is 0. The number of rotatable bonds is 7. The lowest BCUT2D eigenvalue weighted by Gasteiger charge is -2.33. The molecule has 3 aliphatic rings. The van der Waals surface area contributed by atoms with E-state index in [1.54, 1.807) is 12.1 Å². The number of carbonyl (C=O) groups is 1. The first kappa shape index (κ1) is 28.5. The van der Waals surface area contributed by atoms with Gasteiger partial charge in [0.05, 0.1) is 5.56 Å². The highest BCUT2D eigenvalue weighted by Gasteiger charge is 2.40. The van der Waals surface area contributed by atoms with Gasteiger partial charge in [-0.05, 0) is 74.0 Å². The number of carbonyl (C=O) groups excluding carboxylic acids is 1. The molecule has 3 aliphatic heterocycles. The maximum Gasteiger partial charge on any atom is 0.433 e. The van der Waals surface area contributed by atoms with E-state index in [9.17, 15) is 31.1 Å². The van der Waals surface area contributed by atoms with Crippen molar-refractivity contribution in [2.24, 2.45) is 11.8 Å². The van der Waals surface area contributed by atoms with Crippen LogP contribution in [0.2, 0.25) is 0 Å². The zero-order chi connectivity index (χ0) is 28.5. The standard InChI is InChI=1S/C28H33F6N5O/c29-27(30,31)21-3-5-24(6-4-21)39-17-19-15-37(16-20(19)18-39)11-1-2-26(40)38-12-8-22(9-13-38)36-23-7-10-35-25(14-23)28(32,33)34/h3-7,10,14,19-20,22H,1-2,8-9,11-13,15-18H2,(H,35,36). The van der Waals surface area contributed by atoms with Crippen LogP contribution in [0, 0.1) is 11.8 Å². The summed E-state index contributed by atoms with van der Waals surface area (Å²) in [6, 6.07) is 7.91. The number of aromatic nitrogens is 1. The van der Waals surface area contributed by atoms with Gasteiger partial charge in [-0.2, -0.15) is 26.3 Å². The van der Waals surface area contributed by atoms with Crippen molar-refractivity contribution >= 4 is 17.3 Å². The number of halogens is 6. The van der Waals surface area contributed by atoms with E-state index >= 15 is 0 Å². The molecule has 40 heavy (non-hydrogen) atoms. The fraction of sp³-hybridized carbons (Fsp3) is 0.571. The van der Waals surface area contributed by atoms with E-state index in [4.69, 9.17) is 0 Å². The number of benzene rings is 1. The Labute approximate surface area is 229 Å². The van der Waals surface area contributed by atoms with Gasteiger partial charge in [0.1, 0.15) is 5.69 Å². The molecule has 4 heterocycles. The molecule has 2 aromatic rings. The number of alkyl halides is 6. The summed E-state index contributed by atoms with van der Waals surface area (Å²) in [5.41, 5.74) is -0.358. The maximum atomic E-state index is 12.9. The third-order valence-electron chi connectivity index (χ3n) is 8.26. The second-order valence-corrected chi connectivity index (χ2v) is 11.1. The van der Waals surface area contributed by atoms with E-state index in [-0.39, 0.29) is 11.9 Å². The first-order valence-electron chi connectivity index (χ1n) is 13.7. The van der Waals surface area contributed by atoms with Crippen LogP contribution in [0.4, 0.5) is 37.7 Å². The molecule has 0 spiro atoms. The minimum absolute atomic E-state index is 0.00122. The van der Waals surface area contributed by atoms with Gasteiger partial charge in [0.2, 0.25) is 5.91 Å². The van der Waals surface area contributed by atoms with Gasteiger partial charge < -0.3 is 20.0 Å². The number of likely N-dealkylation sites (tertiary alicyclic amines) is 2. The molecule has 1 aromatic carbocycles. The molecule has 1 aromatic heterocycles. The lowest BCUT2D eigenvalue weighted by molar-refractivity contribution is -0.141. The van der Waals surface area contributed by atoms with Crippen molar-refractivity contribution in [2.45, 2.75) is 44.1 Å². The summed E-state index contributed by atoms with van der Waals surface area (Å²) in [5.74, 6) is 1.05. The Hall–Kier alpha value is -3.02. The van der Waals surface area contributed by atoms with E-state index in [0.29, 0.717) is 49.9 Å². The number of hydrogen-bond acceptors (Lipinski definition) is 5. The van der Waals surface area contributed by atoms with Crippen LogP contribution in [0.15, 0.2) is 42.6 Å². The topological polar surface area (TPSA) is 51.7 Å². The van der Waals surface area contributed by atoms with E-state index in [1.165, 1.54) is 6.07 Å². The summed E-state index contributed by atoms with van der Waals surface area (Å²) < 4.78 is 77.2. The molecule has 2 atom stereocenters. The van der Waals surface area contributed by atoms with Crippen molar-refractivity contribution in [1.82, 2.24) is 14.8 Å². The predicted molar refractivity (Wildman–Crippen MR) is 139 cm³/mol. The van der Waals surface area contributed by atoms with Crippen LogP contribution in [0.1, 0.15) is 36.9 Å². The Balaban J connectivity index is 0.994. The number of nitrogens with zero attached hydrogens (tertiary/aromatic N) is 4. The van der Waals surface area contributed by atoms with Crippen molar-refractivity contribution in [3.8, 4) is 0 Å². The number of piperidine rings is 1. The van der Waals surface area contributed by atoms with Crippen molar-refractivity contribution in [1.29, 1.82) is 0 Å². The lowest BCUT2D eigenvalue weighted by Crippen LogP contribution is -2.42. The number of amides is 1. The minimum atomic E-state index is -4.49. The van der Waals surface area contributed by atoms with Crippen LogP contribution in [-0.2, 0) is 17.1 Å². The van der Waals surface area contributed by atoms with Crippen LogP contribution in [0.5, 0.6) is 0 Å². The third kappa shape index (κ3) is 6.82. The van der Waals surface area contributed by atoms with Gasteiger partial charge in [0.15, 0.2) is 0 Å². The van der Waals surface area contributed by atoms with Gasteiger partial charge in [-0.25, -0.2) is 0 Å². The summed E-state index contributed by atoms with van der Waals surface area (Å²) in [6.07, 6.45) is -5.12. The Kier molecular flexibility index (Phi) is 8.17. The molecule has 1 amide bonds. The van der Waals surface area contributed by atoms with Crippen molar-refractivity contribution in [2.75, 3.05) is 56.0 Å². The number of anilines is 2. The molecular weight excluding hydrogens is 536 g/mol. The lowest BCUT2D eigenvalue weighted by atomic mass is 10.0. The highest BCUT2D eigenvalue weighted by Crippen LogP contribution is 2.36. The van der Waals surface area contributed by atoms with Gasteiger partial charge in [0, 0.05) is 69.3 Å². The highest BCUT2D eigenvalue weighted by molar-refractivity contribution is 5.76. The normalized spacial score (nSPS) is 22.6. The smallest absolute Gasteiger partial charge is 0.382 e. The quantitative estimate of drug-likeness (QED) is 0.455. The molecule has 1 N–H and O–H groups in total. The summed E-state index contributed by atoms with van der Waals surface area (Å²) in [6.45, 7) is 5.48. The third-order valence-corrected chi connectivity index (χ3v) is 8.26. The summed E-state index contributed by atoms with van der Waals surface area (Å²) in [4.78, 5) is 22.5. The first-order chi connectivity index (χ1) is 19.0. The van der Waals surface area contributed by atoms with Gasteiger partial charge in [-0.3, -0.25) is 9.78 Å². The van der Waals surface area contributed by atoms with Crippen LogP contribution in [0.3, 0.4) is 0 Å². The molecule has 0 saturated carbocycles. The van der Waals surface area contributed by atoms with Gasteiger partial charge >= 0.3 is 12.4 Å². The molecule has 3 fully saturated rings. The van der Waals surface area contributed by atoms with E-state index < -0.39 is 23.6 Å². The fourth-order valence-corrected chi connectivity index (χ4v) is 6.14. The van der Waals surface area contributed by atoms with Gasteiger partial charge in [-0.1, -0.05) is 0 Å². The zero-order valence-electron chi connectivity index (χ0n) is 22.0. The van der Waals surface area contributed by atoms with Crippen LogP contribution in [-0.4, -0.2) is 72.5 Å². The maximum absolute atomic E-state index is 12.9. The Morgan fingerprint density at radius 3 is 2.15 bits per heavy atom. The SMILES string of the molecule is O=C(CCCN1CC2CN(c3ccc(C(F)(F)F)cc3)CC2C1)N1CCC(Nc2ccnc(C(F)(F)F)c2)CC1. The zero-order valence-corrected chi connectivity index (χ0v) is 22.0. The number of fused-ring (bicyclic) bond motifs is 1. The molecule has 0 aliphatic carbocycles. The molecule has 2 unspecified atom stereocenters. The van der Waals surface area contributed by atoms with E-state index in [1.807, 2.05) is 4.90 Å². The Bertz CT molecular complexity index is 1150. The second-order valence-electron chi connectivity index (χ2n) is 11.1. The summed E-state index contributed by atoms with van der Waals surface area (Å²) >= 11 is 0. The predicted octanol–water partition coefficient (Wildman–Crippen LogP) is 5.37. The molecular formula is C28H33F6N5O. The van der Waals surface area contributed by atoms with Crippen molar-refractivity contribution in [3.63, 3.8) is 0 Å². The van der Waals surface area contributed by atoms with E-state index in [2.05, 4.69) is 20.1 Å². The molecule has 3 saturated heterocycles. The van der Waals surface area contributed by atoms with Crippen LogP contribution in [0.25, 0.3) is 0 Å². The average molecular weight is 570 g/mol. The second kappa shape index (κ2) is 11.5. The van der Waals surface area contributed by atoms with Gasteiger partial charge in [-0.15, -0.1) is 0 Å². The molecule has 218 valence electrons. The molecule has 12 heteroatoms. The average Bonchev–Trinajstić information content (AvgIpc) is 3.47. The van der Waals surface area contributed by atoms with Gasteiger partial charge in [0.25, 0.3) is 0 Å². The van der Waals surface area contributed by atoms with Crippen molar-refractivity contribution in [3.05, 3.63) is 53.9 Å². The molecule has 6 nitrogen and oxygen atoms in total. The Morgan fingerprint density at radius 2 is 1.55 bits per heavy atom. The highest BCUT2D eigenvalue weighted by atomic mass is 19.4. The van der Waals surface area contributed by atoms with Crippen LogP contribution >= 0.6 is 0 Å². The monoisotopic (exact) mass is 569 g/mol. The largest absolute Gasteiger partial charge is 0.433 e. The summed E-state index contributed by atoms with van der Waals surface area (Å²) in [5, 5.41) is 3.14. The van der Waals surface area contributed by atoms with E-state index in [0.717, 1.165) is 69.2 Å². The first-order valence-corrected chi connectivity index (χ1v) is 13.7. The molecule has 0 bridgehead atoms. The molecule has 5 rings (SSSR count). The number of nitrogens with one attached hydrogen (secondary N) is 1. The fourth-order valence-electron chi connectivity index (χ4n) is 6.14. The molecule has 0 radical (unpaired) electrons. The Morgan fingerprint density at radius 1 is 0.900 bits per heavy atom. The number of pyridine rings is 1. The van der Waals surface area contributed by atoms with Crippen molar-refractivity contribution < 1.29 is 31.1 Å². The number of hydrogen-bond donors (Lipinski definition) is 1. The minimum Gasteiger partial charge on any atom is -0.382 e. The van der Waals surface area contributed by atoms with Crippen LogP contribution < -0.4 is 10.2 Å².